The van der Waals surface area contributed by atoms with Gasteiger partial charge < -0.3 is 19.9 Å². The van der Waals surface area contributed by atoms with Gasteiger partial charge in [-0.25, -0.2) is 0 Å². The number of ether oxygens (including phenoxy) is 1. The lowest BCUT2D eigenvalue weighted by Gasteiger charge is -2.34. The number of rotatable bonds is 5. The highest BCUT2D eigenvalue weighted by atomic mass is 16.5. The van der Waals surface area contributed by atoms with Crippen LogP contribution in [0.2, 0.25) is 0 Å². The lowest BCUT2D eigenvalue weighted by Crippen LogP contribution is -2.48. The lowest BCUT2D eigenvalue weighted by molar-refractivity contribution is -0.136. The third-order valence-electron chi connectivity index (χ3n) is 6.39. The predicted molar refractivity (Wildman–Crippen MR) is 122 cm³/mol. The number of methoxy groups -OCH3 is 1. The van der Waals surface area contributed by atoms with E-state index in [1.165, 1.54) is 0 Å². The smallest absolute Gasteiger partial charge is 0.251 e. The monoisotopic (exact) mass is 435 g/mol. The molecule has 2 aliphatic rings. The van der Waals surface area contributed by atoms with E-state index in [4.69, 9.17) is 4.74 Å². The summed E-state index contributed by atoms with van der Waals surface area (Å²) >= 11 is 0. The molecule has 2 aliphatic heterocycles. The average molecular weight is 436 g/mol. The molecule has 2 fully saturated rings. The minimum absolute atomic E-state index is 0.0260. The number of hydrogen-bond donors (Lipinski definition) is 1. The topological polar surface area (TPSA) is 79.0 Å². The molecule has 1 N–H and O–H groups in total. The molecule has 0 bridgehead atoms. The largest absolute Gasteiger partial charge is 0.497 e. The summed E-state index contributed by atoms with van der Waals surface area (Å²) in [4.78, 5) is 41.7. The normalized spacial score (nSPS) is 19.2. The van der Waals surface area contributed by atoms with Crippen LogP contribution in [-0.2, 0) is 9.59 Å². The molecule has 7 nitrogen and oxygen atoms in total. The van der Waals surface area contributed by atoms with Gasteiger partial charge in [-0.2, -0.15) is 0 Å². The Bertz CT molecular complexity index is 997. The van der Waals surface area contributed by atoms with Gasteiger partial charge in [0.25, 0.3) is 5.91 Å². The zero-order chi connectivity index (χ0) is 22.7. The summed E-state index contributed by atoms with van der Waals surface area (Å²) in [5, 5.41) is 3.10. The summed E-state index contributed by atoms with van der Waals surface area (Å²) in [5.41, 5.74) is 2.42. The number of carbonyl (C=O) groups is 3. The molecule has 1 unspecified atom stereocenters. The Morgan fingerprint density at radius 1 is 1.03 bits per heavy atom. The molecule has 2 aromatic carbocycles. The third-order valence-corrected chi connectivity index (χ3v) is 6.39. The molecule has 0 aromatic heterocycles. The Balaban J connectivity index is 1.30. The molecule has 2 aromatic rings. The number of amides is 3. The molecule has 0 radical (unpaired) electrons. The van der Waals surface area contributed by atoms with Crippen LogP contribution in [0.4, 0.5) is 5.69 Å². The maximum absolute atomic E-state index is 13.1. The first-order chi connectivity index (χ1) is 15.5. The van der Waals surface area contributed by atoms with E-state index in [2.05, 4.69) is 5.32 Å². The molecule has 7 heteroatoms. The highest BCUT2D eigenvalue weighted by Crippen LogP contribution is 2.28. The number of nitrogens with one attached hydrogen (secondary N) is 1. The number of carbonyl (C=O) groups excluding carboxylic acids is 3. The van der Waals surface area contributed by atoms with E-state index in [1.54, 1.807) is 12.0 Å². The first kappa shape index (κ1) is 21.9. The van der Waals surface area contributed by atoms with Crippen LogP contribution in [0.25, 0.3) is 0 Å². The number of benzene rings is 2. The molecular formula is C25H29N3O4. The van der Waals surface area contributed by atoms with Crippen molar-refractivity contribution in [2.24, 2.45) is 5.92 Å². The van der Waals surface area contributed by atoms with Gasteiger partial charge in [-0.1, -0.05) is 18.2 Å². The summed E-state index contributed by atoms with van der Waals surface area (Å²) in [6.07, 6.45) is 1.66. The van der Waals surface area contributed by atoms with Crippen molar-refractivity contribution in [2.45, 2.75) is 32.2 Å². The number of nitrogens with zero attached hydrogens (tertiary/aromatic N) is 2. The number of anilines is 1. The van der Waals surface area contributed by atoms with Crippen molar-refractivity contribution >= 4 is 23.4 Å². The van der Waals surface area contributed by atoms with Gasteiger partial charge in [-0.15, -0.1) is 0 Å². The van der Waals surface area contributed by atoms with E-state index in [0.29, 0.717) is 38.0 Å². The summed E-state index contributed by atoms with van der Waals surface area (Å²) in [6.45, 7) is 3.50. The maximum atomic E-state index is 13.1. The lowest BCUT2D eigenvalue weighted by atomic mass is 10.0. The van der Waals surface area contributed by atoms with Crippen LogP contribution in [0.15, 0.2) is 48.5 Å². The van der Waals surface area contributed by atoms with Crippen molar-refractivity contribution in [3.63, 3.8) is 0 Å². The molecule has 0 spiro atoms. The van der Waals surface area contributed by atoms with Crippen LogP contribution in [-0.4, -0.2) is 55.4 Å². The first-order valence-electron chi connectivity index (χ1n) is 11.1. The summed E-state index contributed by atoms with van der Waals surface area (Å²) < 4.78 is 5.17. The van der Waals surface area contributed by atoms with Gasteiger partial charge in [-0.05, 0) is 55.7 Å². The number of aryl methyl sites for hydroxylation is 1. The molecule has 32 heavy (non-hydrogen) atoms. The molecule has 1 atom stereocenters. The van der Waals surface area contributed by atoms with Crippen LogP contribution in [0, 0.1) is 12.8 Å². The van der Waals surface area contributed by atoms with E-state index >= 15 is 0 Å². The minimum atomic E-state index is -0.331. The van der Waals surface area contributed by atoms with E-state index in [-0.39, 0.29) is 36.1 Å². The zero-order valence-corrected chi connectivity index (χ0v) is 18.5. The molecule has 0 aliphatic carbocycles. The molecule has 2 saturated heterocycles. The van der Waals surface area contributed by atoms with Crippen LogP contribution < -0.4 is 15.0 Å². The van der Waals surface area contributed by atoms with Gasteiger partial charge >= 0.3 is 0 Å². The number of hydrogen-bond acceptors (Lipinski definition) is 4. The fourth-order valence-electron chi connectivity index (χ4n) is 4.48. The van der Waals surface area contributed by atoms with Crippen LogP contribution in [0.5, 0.6) is 5.75 Å². The SMILES string of the molecule is COc1ccc(N2CC(C(=O)N3CCC(NC(=O)c4ccccc4C)CC3)CC2=O)cc1. The zero-order valence-electron chi connectivity index (χ0n) is 18.5. The van der Waals surface area contributed by atoms with Gasteiger partial charge in [0.05, 0.1) is 13.0 Å². The van der Waals surface area contributed by atoms with Gasteiger partial charge in [0, 0.05) is 43.3 Å². The van der Waals surface area contributed by atoms with Crippen molar-refractivity contribution in [2.75, 3.05) is 31.6 Å². The third kappa shape index (κ3) is 4.61. The van der Waals surface area contributed by atoms with Crippen molar-refractivity contribution in [1.29, 1.82) is 0 Å². The Labute approximate surface area is 188 Å². The van der Waals surface area contributed by atoms with E-state index < -0.39 is 0 Å². The second kappa shape index (κ2) is 9.42. The van der Waals surface area contributed by atoms with Gasteiger partial charge in [0.2, 0.25) is 11.8 Å². The quantitative estimate of drug-likeness (QED) is 0.783. The highest BCUT2D eigenvalue weighted by Gasteiger charge is 2.38. The van der Waals surface area contributed by atoms with Crippen LogP contribution in [0.3, 0.4) is 0 Å². The maximum Gasteiger partial charge on any atom is 0.251 e. The molecule has 0 saturated carbocycles. The fraction of sp³-hybridized carbons (Fsp3) is 0.400. The average Bonchev–Trinajstić information content (AvgIpc) is 3.21. The van der Waals surface area contributed by atoms with Crippen molar-refractivity contribution in [1.82, 2.24) is 10.2 Å². The Kier molecular flexibility index (Phi) is 6.44. The molecule has 168 valence electrons. The predicted octanol–water partition coefficient (Wildman–Crippen LogP) is 2.78. The van der Waals surface area contributed by atoms with Crippen LogP contribution in [0.1, 0.15) is 35.2 Å². The van der Waals surface area contributed by atoms with Crippen molar-refractivity contribution < 1.29 is 19.1 Å². The number of likely N-dealkylation sites (tertiary alicyclic amines) is 1. The van der Waals surface area contributed by atoms with Gasteiger partial charge in [0.1, 0.15) is 5.75 Å². The molecular weight excluding hydrogens is 406 g/mol. The number of piperidine rings is 1. The Morgan fingerprint density at radius 3 is 2.38 bits per heavy atom. The highest BCUT2D eigenvalue weighted by molar-refractivity contribution is 6.00. The fourth-order valence-corrected chi connectivity index (χ4v) is 4.48. The van der Waals surface area contributed by atoms with Crippen molar-refractivity contribution in [3.8, 4) is 5.75 Å². The standard InChI is InChI=1S/C25H29N3O4/c1-17-5-3-4-6-22(17)24(30)26-19-11-13-27(14-12-19)25(31)18-15-23(29)28(16-18)20-7-9-21(32-2)10-8-20/h3-10,18-19H,11-16H2,1-2H3,(H,26,30). The summed E-state index contributed by atoms with van der Waals surface area (Å²) in [6, 6.07) is 14.9. The molecule has 2 heterocycles. The first-order valence-corrected chi connectivity index (χ1v) is 11.1. The second-order valence-electron chi connectivity index (χ2n) is 8.49. The molecule has 3 amide bonds. The minimum Gasteiger partial charge on any atom is -0.497 e. The van der Waals surface area contributed by atoms with Crippen LogP contribution >= 0.6 is 0 Å². The van der Waals surface area contributed by atoms with E-state index in [9.17, 15) is 14.4 Å². The van der Waals surface area contributed by atoms with E-state index in [0.717, 1.165) is 17.0 Å². The van der Waals surface area contributed by atoms with Gasteiger partial charge in [-0.3, -0.25) is 14.4 Å². The molecule has 4 rings (SSSR count). The summed E-state index contributed by atoms with van der Waals surface area (Å²) in [7, 11) is 1.60. The van der Waals surface area contributed by atoms with E-state index in [1.807, 2.05) is 60.4 Å². The summed E-state index contributed by atoms with van der Waals surface area (Å²) in [5.74, 6) is 0.324. The van der Waals surface area contributed by atoms with Crippen molar-refractivity contribution in [3.05, 3.63) is 59.7 Å². The Morgan fingerprint density at radius 2 is 1.72 bits per heavy atom. The van der Waals surface area contributed by atoms with Gasteiger partial charge in [0.15, 0.2) is 0 Å². The Hall–Kier alpha value is -3.35. The second-order valence-corrected chi connectivity index (χ2v) is 8.49.